The van der Waals surface area contributed by atoms with Crippen molar-refractivity contribution in [2.45, 2.75) is 31.1 Å². The number of rotatable bonds is 8. The molecule has 2 aromatic carbocycles. The van der Waals surface area contributed by atoms with E-state index in [1.807, 2.05) is 42.5 Å². The third-order valence-corrected chi connectivity index (χ3v) is 5.06. The Morgan fingerprint density at radius 3 is 2.63 bits per heavy atom. The fraction of sp³-hybridized carbons (Fsp3) is 0.238. The van der Waals surface area contributed by atoms with Crippen LogP contribution in [0.25, 0.3) is 0 Å². The smallest absolute Gasteiger partial charge is 0.272 e. The Balaban J connectivity index is 1.49. The van der Waals surface area contributed by atoms with Crippen LogP contribution in [0.5, 0.6) is 0 Å². The summed E-state index contributed by atoms with van der Waals surface area (Å²) >= 11 is 0. The lowest BCUT2D eigenvalue weighted by Gasteiger charge is -2.27. The number of tetrazole rings is 1. The number of benzene rings is 2. The van der Waals surface area contributed by atoms with Crippen LogP contribution < -0.4 is 0 Å². The minimum absolute atomic E-state index is 0.101. The summed E-state index contributed by atoms with van der Waals surface area (Å²) in [5.41, 5.74) is 1.12. The van der Waals surface area contributed by atoms with Gasteiger partial charge in [0.1, 0.15) is 0 Å². The van der Waals surface area contributed by atoms with Crippen molar-refractivity contribution in [1.82, 2.24) is 20.6 Å². The van der Waals surface area contributed by atoms with Gasteiger partial charge in [-0.25, -0.2) is 5.10 Å². The van der Waals surface area contributed by atoms with Crippen LogP contribution >= 0.6 is 0 Å². The number of aryl methyl sites for hydroxylation is 1. The van der Waals surface area contributed by atoms with Crippen molar-refractivity contribution < 1.29 is 9.66 Å². The van der Waals surface area contributed by atoms with E-state index < -0.39 is 11.6 Å². The maximum atomic E-state index is 11.3. The third kappa shape index (κ3) is 4.31. The summed E-state index contributed by atoms with van der Waals surface area (Å²) in [7, 11) is 0. The fourth-order valence-electron chi connectivity index (χ4n) is 3.41. The average Bonchev–Trinajstić information content (AvgIpc) is 3.34. The second-order valence-electron chi connectivity index (χ2n) is 7.00. The molecule has 4 rings (SSSR count). The normalized spacial score (nSPS) is 20.3. The number of aromatic nitrogens is 4. The molecule has 0 radical (unpaired) electrons. The van der Waals surface area contributed by atoms with Gasteiger partial charge in [0.25, 0.3) is 5.69 Å². The lowest BCUT2D eigenvalue weighted by molar-refractivity contribution is -0.385. The summed E-state index contributed by atoms with van der Waals surface area (Å²) in [6.07, 6.45) is 6.14. The lowest BCUT2D eigenvalue weighted by atomic mass is 9.80. The van der Waals surface area contributed by atoms with Gasteiger partial charge in [0.05, 0.1) is 16.9 Å². The Morgan fingerprint density at radius 1 is 1.13 bits per heavy atom. The number of nitro groups is 1. The molecule has 1 aliphatic rings. The van der Waals surface area contributed by atoms with Crippen LogP contribution in [0.4, 0.5) is 5.69 Å². The number of para-hydroxylation sites is 1. The van der Waals surface area contributed by atoms with Gasteiger partial charge in [-0.05, 0) is 34.9 Å². The van der Waals surface area contributed by atoms with Crippen molar-refractivity contribution in [3.63, 3.8) is 0 Å². The van der Waals surface area contributed by atoms with Crippen molar-refractivity contribution in [2.24, 2.45) is 4.99 Å². The molecule has 0 saturated carbocycles. The molecule has 2 atom stereocenters. The van der Waals surface area contributed by atoms with Crippen LogP contribution in [0.15, 0.2) is 71.7 Å². The Labute approximate surface area is 172 Å². The van der Waals surface area contributed by atoms with Crippen molar-refractivity contribution in [1.29, 1.82) is 0 Å². The number of nitrogens with one attached hydrogen (secondary N) is 1. The van der Waals surface area contributed by atoms with Gasteiger partial charge in [0, 0.05) is 17.8 Å². The second-order valence-corrected chi connectivity index (χ2v) is 7.00. The first-order chi connectivity index (χ1) is 14.7. The van der Waals surface area contributed by atoms with Crippen molar-refractivity contribution in [2.75, 3.05) is 0 Å². The van der Waals surface area contributed by atoms with Gasteiger partial charge in [-0.15, -0.1) is 5.10 Å². The zero-order valence-corrected chi connectivity index (χ0v) is 16.1. The number of hydrogen-bond acceptors (Lipinski definition) is 7. The molecule has 9 nitrogen and oxygen atoms in total. The predicted octanol–water partition coefficient (Wildman–Crippen LogP) is 3.16. The molecule has 1 aliphatic heterocycles. The highest BCUT2D eigenvalue weighted by molar-refractivity contribution is 5.76. The molecule has 2 heterocycles. The summed E-state index contributed by atoms with van der Waals surface area (Å²) in [6.45, 7) is 0.445. The van der Waals surface area contributed by atoms with Gasteiger partial charge in [0.2, 0.25) is 0 Å². The van der Waals surface area contributed by atoms with E-state index in [2.05, 4.69) is 25.6 Å². The molecule has 152 valence electrons. The molecule has 0 amide bonds. The van der Waals surface area contributed by atoms with Crippen LogP contribution in [0, 0.1) is 10.1 Å². The highest BCUT2D eigenvalue weighted by Crippen LogP contribution is 2.31. The number of nitrogens with zero attached hydrogens (tertiary/aromatic N) is 5. The second kappa shape index (κ2) is 8.75. The molecule has 30 heavy (non-hydrogen) atoms. The highest BCUT2D eigenvalue weighted by atomic mass is 16.6. The number of hydrogen-bond donors (Lipinski definition) is 1. The summed E-state index contributed by atoms with van der Waals surface area (Å²) in [4.78, 5) is 15.5. The van der Waals surface area contributed by atoms with E-state index in [4.69, 9.17) is 4.74 Å². The number of nitro benzene ring substituents is 1. The molecule has 2 unspecified atom stereocenters. The molecular formula is C21H20N6O3. The molecule has 0 saturated heterocycles. The van der Waals surface area contributed by atoms with Crippen LogP contribution in [0.2, 0.25) is 0 Å². The Kier molecular flexibility index (Phi) is 5.71. The first kappa shape index (κ1) is 19.6. The Hall–Kier alpha value is -3.72. The number of H-pyrrole nitrogens is 1. The molecule has 0 aliphatic carbocycles. The zero-order chi connectivity index (χ0) is 20.8. The maximum Gasteiger partial charge on any atom is 0.272 e. The van der Waals surface area contributed by atoms with E-state index in [9.17, 15) is 10.1 Å². The van der Waals surface area contributed by atoms with Crippen molar-refractivity contribution in [3.05, 3.63) is 93.8 Å². The fourth-order valence-corrected chi connectivity index (χ4v) is 3.41. The van der Waals surface area contributed by atoms with Gasteiger partial charge in [0.15, 0.2) is 12.1 Å². The molecule has 9 heteroatoms. The topological polar surface area (TPSA) is 119 Å². The quantitative estimate of drug-likeness (QED) is 0.350. The van der Waals surface area contributed by atoms with Crippen LogP contribution in [-0.4, -0.2) is 38.0 Å². The largest absolute Gasteiger partial charge is 0.348 e. The van der Waals surface area contributed by atoms with E-state index in [1.165, 1.54) is 6.07 Å². The summed E-state index contributed by atoms with van der Waals surface area (Å²) < 4.78 is 5.86. The number of dihydropyridines is 1. The number of aliphatic imine (C=N–C) groups is 1. The molecular weight excluding hydrogens is 384 g/mol. The zero-order valence-electron chi connectivity index (χ0n) is 16.1. The lowest BCUT2D eigenvalue weighted by Crippen LogP contribution is -2.32. The maximum absolute atomic E-state index is 11.3. The molecule has 0 bridgehead atoms. The average molecular weight is 404 g/mol. The Morgan fingerprint density at radius 2 is 1.93 bits per heavy atom. The SMILES string of the molecule is O=[N+]([O-])c1ccccc1CCC1(c2nnn[nH]2)C=CC(OCc2ccccc2)N=C1. The molecule has 1 N–H and O–H groups in total. The van der Waals surface area contributed by atoms with Crippen molar-refractivity contribution in [3.8, 4) is 0 Å². The summed E-state index contributed by atoms with van der Waals surface area (Å²) in [6, 6.07) is 16.6. The van der Waals surface area contributed by atoms with E-state index in [0.29, 0.717) is 30.8 Å². The summed E-state index contributed by atoms with van der Waals surface area (Å²) in [5, 5.41) is 25.6. The van der Waals surface area contributed by atoms with E-state index in [1.54, 1.807) is 24.4 Å². The third-order valence-electron chi connectivity index (χ3n) is 5.06. The minimum atomic E-state index is -0.695. The van der Waals surface area contributed by atoms with E-state index >= 15 is 0 Å². The van der Waals surface area contributed by atoms with Crippen LogP contribution in [0.3, 0.4) is 0 Å². The van der Waals surface area contributed by atoms with E-state index in [0.717, 1.165) is 5.56 Å². The van der Waals surface area contributed by atoms with Crippen molar-refractivity contribution >= 4 is 11.9 Å². The molecule has 0 spiro atoms. The highest BCUT2D eigenvalue weighted by Gasteiger charge is 2.34. The number of ether oxygens (including phenoxy) is 1. The first-order valence-corrected chi connectivity index (χ1v) is 9.52. The van der Waals surface area contributed by atoms with Crippen LogP contribution in [0.1, 0.15) is 23.4 Å². The van der Waals surface area contributed by atoms with Gasteiger partial charge < -0.3 is 4.74 Å². The van der Waals surface area contributed by atoms with Gasteiger partial charge >= 0.3 is 0 Å². The minimum Gasteiger partial charge on any atom is -0.348 e. The van der Waals surface area contributed by atoms with Gasteiger partial charge in [-0.2, -0.15) is 0 Å². The molecule has 3 aromatic rings. The monoisotopic (exact) mass is 404 g/mol. The van der Waals surface area contributed by atoms with Crippen LogP contribution in [-0.2, 0) is 23.2 Å². The van der Waals surface area contributed by atoms with Gasteiger partial charge in [-0.3, -0.25) is 15.1 Å². The number of aromatic amines is 1. The standard InChI is InChI=1S/C21H20N6O3/c28-27(29)18-9-5-4-8-17(18)10-12-21(20-23-25-26-24-20)13-11-19(22-15-21)30-14-16-6-2-1-3-7-16/h1-9,11,13,15,19H,10,12,14H2,(H,23,24,25,26). The van der Waals surface area contributed by atoms with Gasteiger partial charge in [-0.1, -0.05) is 54.6 Å². The number of allylic oxidation sites excluding steroid dienone is 1. The predicted molar refractivity (Wildman–Crippen MR) is 110 cm³/mol. The van der Waals surface area contributed by atoms with E-state index in [-0.39, 0.29) is 10.6 Å². The first-order valence-electron chi connectivity index (χ1n) is 9.52. The Bertz CT molecular complexity index is 1040. The molecule has 1 aromatic heterocycles. The summed E-state index contributed by atoms with van der Waals surface area (Å²) in [5.74, 6) is 0.530. The molecule has 0 fully saturated rings.